The van der Waals surface area contributed by atoms with Crippen molar-refractivity contribution < 1.29 is 37.7 Å². The number of nitrogens with two attached hydrogens (primary N) is 1. The van der Waals surface area contributed by atoms with E-state index < -0.39 is 50.3 Å². The summed E-state index contributed by atoms with van der Waals surface area (Å²) < 4.78 is 44.0. The Kier molecular flexibility index (Phi) is 10.7. The second-order valence-electron chi connectivity index (χ2n) is 11.9. The molecule has 0 amide bonds. The highest BCUT2D eigenvalue weighted by atomic mass is 35.5. The van der Waals surface area contributed by atoms with Crippen molar-refractivity contribution in [1.82, 2.24) is 24.6 Å². The average Bonchev–Trinajstić information content (AvgIpc) is 3.50. The molecule has 250 valence electrons. The number of esters is 1. The number of rotatable bonds is 13. The van der Waals surface area contributed by atoms with Crippen LogP contribution in [0.1, 0.15) is 47.8 Å². The minimum absolute atomic E-state index is 0.00667. The number of azide groups is 1. The molecule has 1 saturated heterocycles. The SMILES string of the molecule is CCOc1nc(N)nc2c1ncn2[C@@H]1O[C@H](COP(=O)(N[C@@H](C)C(=O)OCC(C)(C)C)Oc2ccccc2Cl)[C@@H](O)[C@@]1(C)N=[N+]=[N-]. The number of nitrogen functional groups attached to an aromatic ring is 1. The highest BCUT2D eigenvalue weighted by Gasteiger charge is 2.55. The van der Waals surface area contributed by atoms with Crippen molar-refractivity contribution in [3.05, 3.63) is 46.1 Å². The first-order chi connectivity index (χ1) is 21.6. The molecule has 0 bridgehead atoms. The van der Waals surface area contributed by atoms with Gasteiger partial charge in [0.05, 0.1) is 37.3 Å². The number of fused-ring (bicyclic) bond motifs is 1. The first-order valence-electron chi connectivity index (χ1n) is 14.3. The van der Waals surface area contributed by atoms with Crippen molar-refractivity contribution in [3.63, 3.8) is 0 Å². The fourth-order valence-corrected chi connectivity index (χ4v) is 6.26. The number of aromatic nitrogens is 4. The van der Waals surface area contributed by atoms with Crippen LogP contribution < -0.4 is 20.1 Å². The Morgan fingerprint density at radius 2 is 2.09 bits per heavy atom. The van der Waals surface area contributed by atoms with Gasteiger partial charge >= 0.3 is 13.7 Å². The monoisotopic (exact) mass is 681 g/mol. The van der Waals surface area contributed by atoms with Crippen LogP contribution in [-0.2, 0) is 23.4 Å². The number of ether oxygens (including phenoxy) is 3. The number of para-hydroxylation sites is 1. The lowest BCUT2D eigenvalue weighted by atomic mass is 9.93. The van der Waals surface area contributed by atoms with Crippen LogP contribution >= 0.6 is 19.3 Å². The second kappa shape index (κ2) is 14.0. The van der Waals surface area contributed by atoms with Crippen molar-refractivity contribution in [2.75, 3.05) is 25.6 Å². The van der Waals surface area contributed by atoms with E-state index in [4.69, 9.17) is 40.6 Å². The van der Waals surface area contributed by atoms with Crippen LogP contribution in [0.25, 0.3) is 21.6 Å². The lowest BCUT2D eigenvalue weighted by Crippen LogP contribution is -2.43. The summed E-state index contributed by atoms with van der Waals surface area (Å²) in [7, 11) is -4.42. The van der Waals surface area contributed by atoms with Gasteiger partial charge in [0.25, 0.3) is 0 Å². The number of hydrogen-bond donors (Lipinski definition) is 3. The first-order valence-corrected chi connectivity index (χ1v) is 16.2. The number of benzene rings is 1. The standard InChI is InChI=1S/C27H37ClN9O8P/c1-7-41-22-19-21(32-25(29)33-22)37(14-31-19)24-27(6,35-36-30)20(38)18(44-24)12-43-46(40,45-17-11-9-8-10-16(17)28)34-15(2)23(39)42-13-26(3,4)5/h8-11,14-15,18,20,24,38H,7,12-13H2,1-6H3,(H,34,40)(H2,29,32,33)/t15-,18+,20+,24+,27+,46?/m0/s1. The van der Waals surface area contributed by atoms with Crippen LogP contribution in [0.15, 0.2) is 35.7 Å². The van der Waals surface area contributed by atoms with Crippen molar-refractivity contribution in [1.29, 1.82) is 0 Å². The Hall–Kier alpha value is -3.69. The highest BCUT2D eigenvalue weighted by molar-refractivity contribution is 7.52. The molecule has 0 radical (unpaired) electrons. The number of nitrogens with zero attached hydrogens (tertiary/aromatic N) is 7. The topological polar surface area (TPSA) is 231 Å². The number of halogens is 1. The Balaban J connectivity index is 1.62. The van der Waals surface area contributed by atoms with Crippen LogP contribution in [0.5, 0.6) is 11.6 Å². The normalized spacial score (nSPS) is 23.3. The van der Waals surface area contributed by atoms with Crippen LogP contribution in [0, 0.1) is 5.41 Å². The number of anilines is 1. The molecule has 1 aliphatic heterocycles. The molecule has 1 unspecified atom stereocenters. The summed E-state index contributed by atoms with van der Waals surface area (Å²) in [5.74, 6) is -0.673. The lowest BCUT2D eigenvalue weighted by Gasteiger charge is -2.28. The van der Waals surface area contributed by atoms with E-state index in [1.165, 1.54) is 36.9 Å². The zero-order valence-corrected chi connectivity index (χ0v) is 27.8. The van der Waals surface area contributed by atoms with Crippen molar-refractivity contribution in [2.45, 2.75) is 71.6 Å². The van der Waals surface area contributed by atoms with Gasteiger partial charge in [0.2, 0.25) is 11.8 Å². The molecular weight excluding hydrogens is 645 g/mol. The fourth-order valence-electron chi connectivity index (χ4n) is 4.51. The molecule has 1 aromatic carbocycles. The third kappa shape index (κ3) is 7.81. The molecule has 1 aliphatic rings. The van der Waals surface area contributed by atoms with Gasteiger partial charge in [0.1, 0.15) is 23.4 Å². The molecule has 0 saturated carbocycles. The van der Waals surface area contributed by atoms with E-state index in [-0.39, 0.29) is 52.4 Å². The molecule has 1 fully saturated rings. The summed E-state index contributed by atoms with van der Waals surface area (Å²) >= 11 is 6.25. The average molecular weight is 682 g/mol. The van der Waals surface area contributed by atoms with Crippen LogP contribution in [-0.4, -0.2) is 74.2 Å². The highest BCUT2D eigenvalue weighted by Crippen LogP contribution is 2.49. The number of hydrogen-bond acceptors (Lipinski definition) is 13. The molecule has 0 spiro atoms. The zero-order valence-electron chi connectivity index (χ0n) is 26.2. The van der Waals surface area contributed by atoms with E-state index in [0.717, 1.165) is 0 Å². The predicted molar refractivity (Wildman–Crippen MR) is 167 cm³/mol. The maximum absolute atomic E-state index is 14.1. The molecule has 4 rings (SSSR count). The van der Waals surface area contributed by atoms with E-state index in [1.807, 2.05) is 20.8 Å². The minimum atomic E-state index is -4.42. The number of carbonyl (C=O) groups excluding carboxylic acids is 1. The van der Waals surface area contributed by atoms with Gasteiger partial charge in [-0.15, -0.1) is 0 Å². The number of carbonyl (C=O) groups is 1. The maximum atomic E-state index is 14.1. The molecule has 19 heteroatoms. The molecule has 2 aromatic heterocycles. The smallest absolute Gasteiger partial charge is 0.459 e. The number of nitrogens with one attached hydrogen (secondary N) is 1. The second-order valence-corrected chi connectivity index (χ2v) is 14.0. The minimum Gasteiger partial charge on any atom is -0.476 e. The van der Waals surface area contributed by atoms with Crippen LogP contribution in [0.3, 0.4) is 0 Å². The molecule has 0 aliphatic carbocycles. The van der Waals surface area contributed by atoms with Crippen molar-refractivity contribution in [2.24, 2.45) is 10.5 Å². The Morgan fingerprint density at radius 3 is 2.74 bits per heavy atom. The van der Waals surface area contributed by atoms with Gasteiger partial charge in [-0.1, -0.05) is 49.6 Å². The summed E-state index contributed by atoms with van der Waals surface area (Å²) in [4.78, 5) is 28.3. The molecule has 46 heavy (non-hydrogen) atoms. The van der Waals surface area contributed by atoms with E-state index in [2.05, 4.69) is 30.1 Å². The van der Waals surface area contributed by atoms with E-state index >= 15 is 0 Å². The number of aliphatic hydroxyl groups excluding tert-OH is 1. The third-order valence-electron chi connectivity index (χ3n) is 6.77. The van der Waals surface area contributed by atoms with Crippen molar-refractivity contribution in [3.8, 4) is 11.6 Å². The zero-order chi connectivity index (χ0) is 33.9. The quantitative estimate of drug-likeness (QED) is 0.0739. The molecule has 3 heterocycles. The Morgan fingerprint density at radius 1 is 1.37 bits per heavy atom. The van der Waals surface area contributed by atoms with Gasteiger partial charge < -0.3 is 29.6 Å². The Labute approximate surface area is 269 Å². The fraction of sp³-hybridized carbons (Fsp3) is 0.556. The predicted octanol–water partition coefficient (Wildman–Crippen LogP) is 4.56. The molecular formula is C27H37ClN9O8P. The summed E-state index contributed by atoms with van der Waals surface area (Å²) in [6, 6.07) is 5.09. The van der Waals surface area contributed by atoms with E-state index in [9.17, 15) is 20.0 Å². The van der Waals surface area contributed by atoms with Gasteiger partial charge in [-0.3, -0.25) is 13.9 Å². The third-order valence-corrected chi connectivity index (χ3v) is 8.71. The summed E-state index contributed by atoms with van der Waals surface area (Å²) in [5.41, 5.74) is 13.8. The lowest BCUT2D eigenvalue weighted by molar-refractivity contribution is -0.148. The van der Waals surface area contributed by atoms with Gasteiger partial charge in [-0.2, -0.15) is 15.1 Å². The van der Waals surface area contributed by atoms with Gasteiger partial charge in [0.15, 0.2) is 17.4 Å². The van der Waals surface area contributed by atoms with Gasteiger partial charge in [0, 0.05) is 4.91 Å². The summed E-state index contributed by atoms with van der Waals surface area (Å²) in [6.07, 6.45) is -2.58. The summed E-state index contributed by atoms with van der Waals surface area (Å²) in [6.45, 7) is 10.2. The maximum Gasteiger partial charge on any atom is 0.459 e. The summed E-state index contributed by atoms with van der Waals surface area (Å²) in [5, 5.41) is 17.9. The number of aliphatic hydroxyl groups is 1. The van der Waals surface area contributed by atoms with E-state index in [0.29, 0.717) is 0 Å². The molecule has 3 aromatic rings. The molecule has 17 nitrogen and oxygen atoms in total. The first kappa shape index (κ1) is 35.2. The van der Waals surface area contributed by atoms with Crippen LogP contribution in [0.4, 0.5) is 5.95 Å². The van der Waals surface area contributed by atoms with Crippen LogP contribution in [0.2, 0.25) is 5.02 Å². The number of imidazole rings is 1. The van der Waals surface area contributed by atoms with E-state index in [1.54, 1.807) is 19.1 Å². The Bertz CT molecular complexity index is 1660. The van der Waals surface area contributed by atoms with Gasteiger partial charge in [-0.05, 0) is 43.9 Å². The largest absolute Gasteiger partial charge is 0.476 e. The van der Waals surface area contributed by atoms with Gasteiger partial charge in [-0.25, -0.2) is 9.55 Å². The molecule has 6 atom stereocenters. The molecule has 4 N–H and O–H groups in total. The van der Waals surface area contributed by atoms with Crippen molar-refractivity contribution >= 4 is 42.4 Å².